The zero-order valence-electron chi connectivity index (χ0n) is 17.6. The standard InChI is InChI=1S/C25H21N3O4/c1-16(29)28-22-9-5-3-7-20(22)25(31)23(28)13-18-12-17(14-27-10-11-32-15-24(27)30)19-6-2-4-8-21(19)26-18/h2-9,12-13H,10-11,14-15H2,1H3/b23-13-. The summed E-state index contributed by atoms with van der Waals surface area (Å²) in [5.74, 6) is -0.508. The van der Waals surface area contributed by atoms with E-state index in [1.54, 1.807) is 35.2 Å². The quantitative estimate of drug-likeness (QED) is 0.600. The highest BCUT2D eigenvalue weighted by atomic mass is 16.5. The first kappa shape index (κ1) is 20.1. The van der Waals surface area contributed by atoms with Gasteiger partial charge >= 0.3 is 0 Å². The van der Waals surface area contributed by atoms with Crippen LogP contribution in [0.3, 0.4) is 0 Å². The van der Waals surface area contributed by atoms with Gasteiger partial charge in [-0.2, -0.15) is 0 Å². The Bertz CT molecular complexity index is 1300. The molecule has 2 aliphatic heterocycles. The smallest absolute Gasteiger partial charge is 0.248 e. The molecule has 7 heteroatoms. The SMILES string of the molecule is CC(=O)N1/C(=C\c2cc(CN3CCOCC3=O)c3ccccc3n2)C(=O)c2ccccc21. The number of pyridine rings is 1. The maximum Gasteiger partial charge on any atom is 0.248 e. The lowest BCUT2D eigenvalue weighted by molar-refractivity contribution is -0.143. The van der Waals surface area contributed by atoms with Gasteiger partial charge in [-0.3, -0.25) is 19.3 Å². The fraction of sp³-hybridized carbons (Fsp3) is 0.200. The predicted octanol–water partition coefficient (Wildman–Crippen LogP) is 3.18. The number of benzene rings is 2. The molecule has 3 heterocycles. The van der Waals surface area contributed by atoms with E-state index in [1.807, 2.05) is 30.3 Å². The number of morpholine rings is 1. The molecule has 3 aromatic rings. The molecule has 2 aromatic carbocycles. The van der Waals surface area contributed by atoms with Crippen LogP contribution in [0.1, 0.15) is 28.5 Å². The number of allylic oxidation sites excluding steroid dienone is 1. The van der Waals surface area contributed by atoms with E-state index < -0.39 is 0 Å². The van der Waals surface area contributed by atoms with Crippen molar-refractivity contribution >= 4 is 40.3 Å². The first-order valence-corrected chi connectivity index (χ1v) is 10.4. The number of aromatic nitrogens is 1. The third-order valence-corrected chi connectivity index (χ3v) is 5.73. The summed E-state index contributed by atoms with van der Waals surface area (Å²) in [6.45, 7) is 2.97. The van der Waals surface area contributed by atoms with Gasteiger partial charge in [0.1, 0.15) is 6.61 Å². The summed E-state index contributed by atoms with van der Waals surface area (Å²) < 4.78 is 5.24. The Balaban J connectivity index is 1.60. The summed E-state index contributed by atoms with van der Waals surface area (Å²) in [7, 11) is 0. The van der Waals surface area contributed by atoms with Gasteiger partial charge in [0.05, 0.1) is 29.2 Å². The van der Waals surface area contributed by atoms with Crippen molar-refractivity contribution in [3.63, 3.8) is 0 Å². The van der Waals surface area contributed by atoms with Gasteiger partial charge in [0.2, 0.25) is 17.6 Å². The van der Waals surface area contributed by atoms with Crippen LogP contribution in [-0.2, 0) is 20.9 Å². The number of para-hydroxylation sites is 2. The summed E-state index contributed by atoms with van der Waals surface area (Å²) in [6.07, 6.45) is 1.65. The Labute approximate surface area is 184 Å². The molecule has 0 N–H and O–H groups in total. The molecule has 2 amide bonds. The van der Waals surface area contributed by atoms with Gasteiger partial charge in [-0.05, 0) is 35.9 Å². The number of carbonyl (C=O) groups is 3. The lowest BCUT2D eigenvalue weighted by Crippen LogP contribution is -2.41. The molecule has 7 nitrogen and oxygen atoms in total. The molecule has 2 aliphatic rings. The van der Waals surface area contributed by atoms with E-state index in [2.05, 4.69) is 0 Å². The number of carbonyl (C=O) groups excluding carboxylic acids is 3. The lowest BCUT2D eigenvalue weighted by atomic mass is 10.1. The lowest BCUT2D eigenvalue weighted by Gasteiger charge is -2.27. The number of ketones is 1. The van der Waals surface area contributed by atoms with Crippen molar-refractivity contribution in [2.24, 2.45) is 0 Å². The molecular formula is C25H21N3O4. The largest absolute Gasteiger partial charge is 0.370 e. The van der Waals surface area contributed by atoms with E-state index in [0.29, 0.717) is 36.6 Å². The van der Waals surface area contributed by atoms with Crippen LogP contribution in [0.5, 0.6) is 0 Å². The number of nitrogens with zero attached hydrogens (tertiary/aromatic N) is 3. The third-order valence-electron chi connectivity index (χ3n) is 5.73. The van der Waals surface area contributed by atoms with Crippen LogP contribution in [0.25, 0.3) is 17.0 Å². The average Bonchev–Trinajstić information content (AvgIpc) is 3.07. The first-order valence-electron chi connectivity index (χ1n) is 10.4. The molecule has 0 bridgehead atoms. The van der Waals surface area contributed by atoms with Gasteiger partial charge in [0.25, 0.3) is 0 Å². The number of ether oxygens (including phenoxy) is 1. The molecule has 1 aromatic heterocycles. The second-order valence-corrected chi connectivity index (χ2v) is 7.82. The number of amides is 2. The molecule has 1 saturated heterocycles. The Kier molecular flexibility index (Phi) is 5.03. The van der Waals surface area contributed by atoms with Gasteiger partial charge < -0.3 is 9.64 Å². The number of hydrogen-bond acceptors (Lipinski definition) is 5. The molecule has 0 unspecified atom stereocenters. The normalized spacial score (nSPS) is 17.3. The molecule has 5 rings (SSSR count). The Morgan fingerprint density at radius 3 is 2.72 bits per heavy atom. The fourth-order valence-electron chi connectivity index (χ4n) is 4.24. The monoisotopic (exact) mass is 427 g/mol. The van der Waals surface area contributed by atoms with Crippen molar-refractivity contribution in [1.82, 2.24) is 9.88 Å². The van der Waals surface area contributed by atoms with Crippen LogP contribution in [-0.4, -0.2) is 47.2 Å². The third kappa shape index (κ3) is 3.46. The van der Waals surface area contributed by atoms with Crippen LogP contribution in [0.4, 0.5) is 5.69 Å². The molecule has 0 spiro atoms. The average molecular weight is 427 g/mol. The summed E-state index contributed by atoms with van der Waals surface area (Å²) in [4.78, 5) is 45.6. The number of fused-ring (bicyclic) bond motifs is 2. The van der Waals surface area contributed by atoms with Crippen LogP contribution in [0, 0.1) is 0 Å². The number of hydrogen-bond donors (Lipinski definition) is 0. The van der Waals surface area contributed by atoms with Crippen molar-refractivity contribution in [1.29, 1.82) is 0 Å². The van der Waals surface area contributed by atoms with Gasteiger partial charge in [-0.1, -0.05) is 30.3 Å². The zero-order chi connectivity index (χ0) is 22.2. The molecular weight excluding hydrogens is 406 g/mol. The van der Waals surface area contributed by atoms with Crippen molar-refractivity contribution in [3.8, 4) is 0 Å². The molecule has 0 atom stereocenters. The van der Waals surface area contributed by atoms with E-state index in [-0.39, 0.29) is 29.9 Å². The topological polar surface area (TPSA) is 79.8 Å². The maximum absolute atomic E-state index is 13.1. The van der Waals surface area contributed by atoms with E-state index in [0.717, 1.165) is 16.5 Å². The minimum absolute atomic E-state index is 0.0544. The minimum Gasteiger partial charge on any atom is -0.370 e. The summed E-state index contributed by atoms with van der Waals surface area (Å²) in [6, 6.07) is 16.6. The van der Waals surface area contributed by atoms with E-state index in [9.17, 15) is 14.4 Å². The maximum atomic E-state index is 13.1. The van der Waals surface area contributed by atoms with Crippen molar-refractivity contribution in [2.75, 3.05) is 24.7 Å². The number of anilines is 1. The molecule has 0 aliphatic carbocycles. The zero-order valence-corrected chi connectivity index (χ0v) is 17.6. The highest BCUT2D eigenvalue weighted by Gasteiger charge is 2.34. The molecule has 0 radical (unpaired) electrons. The van der Waals surface area contributed by atoms with E-state index >= 15 is 0 Å². The van der Waals surface area contributed by atoms with Crippen molar-refractivity contribution in [2.45, 2.75) is 13.5 Å². The first-order chi connectivity index (χ1) is 15.5. The summed E-state index contributed by atoms with van der Waals surface area (Å²) >= 11 is 0. The minimum atomic E-state index is -0.241. The Morgan fingerprint density at radius 2 is 1.91 bits per heavy atom. The predicted molar refractivity (Wildman–Crippen MR) is 120 cm³/mol. The van der Waals surface area contributed by atoms with Crippen LogP contribution in [0.15, 0.2) is 60.3 Å². The Morgan fingerprint density at radius 1 is 1.12 bits per heavy atom. The van der Waals surface area contributed by atoms with Crippen LogP contribution < -0.4 is 4.90 Å². The number of rotatable bonds is 3. The molecule has 0 saturated carbocycles. The van der Waals surface area contributed by atoms with Gasteiger partial charge in [0.15, 0.2) is 0 Å². The second-order valence-electron chi connectivity index (χ2n) is 7.82. The summed E-state index contributed by atoms with van der Waals surface area (Å²) in [5.41, 5.74) is 3.59. The van der Waals surface area contributed by atoms with Crippen LogP contribution >= 0.6 is 0 Å². The molecule has 32 heavy (non-hydrogen) atoms. The Hall–Kier alpha value is -3.84. The van der Waals surface area contributed by atoms with Crippen LogP contribution in [0.2, 0.25) is 0 Å². The van der Waals surface area contributed by atoms with Crippen molar-refractivity contribution < 1.29 is 19.1 Å². The molecule has 1 fully saturated rings. The fourth-order valence-corrected chi connectivity index (χ4v) is 4.24. The second kappa shape index (κ2) is 8.01. The molecule has 160 valence electrons. The van der Waals surface area contributed by atoms with Gasteiger partial charge in [-0.25, -0.2) is 4.98 Å². The van der Waals surface area contributed by atoms with Gasteiger partial charge in [0, 0.05) is 31.0 Å². The highest BCUT2D eigenvalue weighted by Crippen LogP contribution is 2.35. The summed E-state index contributed by atoms with van der Waals surface area (Å²) in [5, 5.41) is 0.943. The highest BCUT2D eigenvalue weighted by molar-refractivity contribution is 6.26. The van der Waals surface area contributed by atoms with E-state index in [1.165, 1.54) is 11.8 Å². The van der Waals surface area contributed by atoms with Gasteiger partial charge in [-0.15, -0.1) is 0 Å². The number of Topliss-reactive ketones (excluding diaryl/α,β-unsaturated/α-hetero) is 1. The van der Waals surface area contributed by atoms with Crippen molar-refractivity contribution in [3.05, 3.63) is 77.1 Å². The van der Waals surface area contributed by atoms with E-state index in [4.69, 9.17) is 9.72 Å².